The quantitative estimate of drug-likeness (QED) is 0.669. The molecule has 1 aliphatic heterocycles. The van der Waals surface area contributed by atoms with E-state index < -0.39 is 11.4 Å². The molecule has 2 heterocycles. The Morgan fingerprint density at radius 1 is 1.19 bits per heavy atom. The van der Waals surface area contributed by atoms with E-state index >= 15 is 0 Å². The average molecular weight is 398 g/mol. The second-order valence-electron chi connectivity index (χ2n) is 6.41. The van der Waals surface area contributed by atoms with Crippen molar-refractivity contribution in [1.29, 1.82) is 0 Å². The maximum Gasteiger partial charge on any atom is 0.341 e. The van der Waals surface area contributed by atoms with Gasteiger partial charge in [-0.15, -0.1) is 11.8 Å². The van der Waals surface area contributed by atoms with E-state index in [0.29, 0.717) is 22.8 Å². The summed E-state index contributed by atoms with van der Waals surface area (Å²) in [6.07, 6.45) is 0.391. The molecule has 1 N–H and O–H groups in total. The zero-order valence-corrected chi connectivity index (χ0v) is 16.1. The van der Waals surface area contributed by atoms with Crippen molar-refractivity contribution in [2.75, 3.05) is 0 Å². The smallest absolute Gasteiger partial charge is 0.341 e. The Kier molecular flexibility index (Phi) is 4.58. The van der Waals surface area contributed by atoms with Crippen LogP contribution in [0.15, 0.2) is 64.3 Å². The predicted octanol–water partition coefficient (Wildman–Crippen LogP) is 4.89. The number of para-hydroxylation sites is 1. The van der Waals surface area contributed by atoms with Crippen molar-refractivity contribution in [2.24, 2.45) is 0 Å². The maximum absolute atomic E-state index is 12.5. The lowest BCUT2D eigenvalue weighted by molar-refractivity contribution is 0.0693. The van der Waals surface area contributed by atoms with Gasteiger partial charge in [0.25, 0.3) is 0 Å². The Bertz CT molecular complexity index is 1120. The molecular formula is C21H16ClNO3S. The summed E-state index contributed by atoms with van der Waals surface area (Å²) in [5.74, 6) is -1.20. The summed E-state index contributed by atoms with van der Waals surface area (Å²) in [6.45, 7) is 1.83. The molecule has 0 aliphatic carbocycles. The number of hydrogen-bond donors (Lipinski definition) is 1. The molecule has 4 nitrogen and oxygen atoms in total. The Labute approximate surface area is 165 Å². The molecule has 136 valence electrons. The largest absolute Gasteiger partial charge is 0.477 e. The van der Waals surface area contributed by atoms with Crippen molar-refractivity contribution >= 4 is 29.3 Å². The van der Waals surface area contributed by atoms with Gasteiger partial charge in [0.05, 0.1) is 5.69 Å². The molecule has 0 spiro atoms. The second-order valence-corrected chi connectivity index (χ2v) is 8.06. The third-order valence-electron chi connectivity index (χ3n) is 4.72. The van der Waals surface area contributed by atoms with E-state index in [9.17, 15) is 14.7 Å². The number of rotatable bonds is 2. The van der Waals surface area contributed by atoms with E-state index in [1.807, 2.05) is 60.0 Å². The number of pyridine rings is 1. The number of nitrogens with zero attached hydrogens (tertiary/aromatic N) is 1. The molecule has 2 aromatic carbocycles. The van der Waals surface area contributed by atoms with Gasteiger partial charge in [-0.2, -0.15) is 0 Å². The first kappa shape index (κ1) is 17.9. The number of halogens is 1. The Hall–Kier alpha value is -2.50. The SMILES string of the molecule is Cc1cc(=O)c(C(=O)O)c2n1-c1ccccc1S[C@@H](c1ccccc1Cl)C2. The van der Waals surface area contributed by atoms with Gasteiger partial charge in [-0.25, -0.2) is 4.79 Å². The topological polar surface area (TPSA) is 59.3 Å². The van der Waals surface area contributed by atoms with Gasteiger partial charge in [0.2, 0.25) is 0 Å². The minimum Gasteiger partial charge on any atom is -0.477 e. The third kappa shape index (κ3) is 3.07. The van der Waals surface area contributed by atoms with Crippen molar-refractivity contribution in [3.8, 4) is 5.69 Å². The van der Waals surface area contributed by atoms with E-state index in [-0.39, 0.29) is 10.8 Å². The molecule has 0 saturated heterocycles. The lowest BCUT2D eigenvalue weighted by atomic mass is 10.0. The van der Waals surface area contributed by atoms with Crippen molar-refractivity contribution in [2.45, 2.75) is 23.5 Å². The van der Waals surface area contributed by atoms with Crippen LogP contribution in [0.2, 0.25) is 5.02 Å². The first-order valence-electron chi connectivity index (χ1n) is 8.46. The number of benzene rings is 2. The van der Waals surface area contributed by atoms with Gasteiger partial charge < -0.3 is 9.67 Å². The number of hydrogen-bond acceptors (Lipinski definition) is 3. The van der Waals surface area contributed by atoms with Gasteiger partial charge in [-0.3, -0.25) is 4.79 Å². The molecule has 4 rings (SSSR count). The standard InChI is InChI=1S/C21H16ClNO3S/c1-12-10-17(24)20(21(25)26)16-11-19(13-6-2-3-7-14(13)22)27-18-9-5-4-8-15(18)23(12)16/h2-10,19H,11H2,1H3,(H,25,26)/t19-/m1/s1. The lowest BCUT2D eigenvalue weighted by Crippen LogP contribution is -2.24. The summed E-state index contributed by atoms with van der Waals surface area (Å²) < 4.78 is 1.89. The summed E-state index contributed by atoms with van der Waals surface area (Å²) in [5.41, 5.74) is 2.40. The third-order valence-corrected chi connectivity index (χ3v) is 6.37. The number of carboxylic acid groups (broad SMARTS) is 1. The van der Waals surface area contributed by atoms with Crippen LogP contribution in [0.25, 0.3) is 5.69 Å². The zero-order chi connectivity index (χ0) is 19.1. The van der Waals surface area contributed by atoms with E-state index in [1.165, 1.54) is 6.07 Å². The normalized spacial score (nSPS) is 15.6. The van der Waals surface area contributed by atoms with Crippen LogP contribution in [0, 0.1) is 6.92 Å². The number of fused-ring (bicyclic) bond motifs is 3. The molecule has 0 saturated carbocycles. The van der Waals surface area contributed by atoms with Crippen molar-refractivity contribution in [3.63, 3.8) is 0 Å². The van der Waals surface area contributed by atoms with Crippen LogP contribution in [-0.4, -0.2) is 15.6 Å². The van der Waals surface area contributed by atoms with E-state index in [2.05, 4.69) is 0 Å². The number of carboxylic acids is 1. The van der Waals surface area contributed by atoms with Gasteiger partial charge in [0, 0.05) is 39.0 Å². The highest BCUT2D eigenvalue weighted by molar-refractivity contribution is 7.99. The minimum absolute atomic E-state index is 0.104. The molecule has 0 unspecified atom stereocenters. The van der Waals surface area contributed by atoms with Crippen LogP contribution >= 0.6 is 23.4 Å². The number of aryl methyl sites for hydroxylation is 1. The average Bonchev–Trinajstić information content (AvgIpc) is 2.78. The van der Waals surface area contributed by atoms with Crippen LogP contribution in [0.4, 0.5) is 0 Å². The Morgan fingerprint density at radius 3 is 2.63 bits per heavy atom. The van der Waals surface area contributed by atoms with Gasteiger partial charge in [0.15, 0.2) is 5.43 Å². The zero-order valence-electron chi connectivity index (χ0n) is 14.5. The first-order chi connectivity index (χ1) is 13.0. The molecule has 1 aliphatic rings. The van der Waals surface area contributed by atoms with Gasteiger partial charge >= 0.3 is 5.97 Å². The van der Waals surface area contributed by atoms with Crippen molar-refractivity contribution < 1.29 is 9.90 Å². The van der Waals surface area contributed by atoms with Gasteiger partial charge in [0.1, 0.15) is 5.56 Å². The van der Waals surface area contributed by atoms with Crippen LogP contribution in [0.5, 0.6) is 0 Å². The van der Waals surface area contributed by atoms with Gasteiger partial charge in [-0.05, 0) is 30.7 Å². The molecule has 3 aromatic rings. The van der Waals surface area contributed by atoms with Crippen molar-refractivity contribution in [1.82, 2.24) is 4.57 Å². The summed E-state index contributed by atoms with van der Waals surface area (Å²) in [5, 5.41) is 10.2. The summed E-state index contributed by atoms with van der Waals surface area (Å²) in [7, 11) is 0. The fourth-order valence-electron chi connectivity index (χ4n) is 3.57. The molecule has 27 heavy (non-hydrogen) atoms. The number of thioether (sulfide) groups is 1. The molecule has 0 amide bonds. The number of aromatic nitrogens is 1. The summed E-state index contributed by atoms with van der Waals surface area (Å²) in [4.78, 5) is 25.4. The molecule has 6 heteroatoms. The predicted molar refractivity (Wildman–Crippen MR) is 107 cm³/mol. The van der Waals surface area contributed by atoms with Crippen LogP contribution < -0.4 is 5.43 Å². The molecule has 0 radical (unpaired) electrons. The van der Waals surface area contributed by atoms with E-state index in [4.69, 9.17) is 11.6 Å². The fraction of sp³-hybridized carbons (Fsp3) is 0.143. The molecule has 1 aromatic heterocycles. The highest BCUT2D eigenvalue weighted by atomic mass is 35.5. The lowest BCUT2D eigenvalue weighted by Gasteiger charge is -2.19. The van der Waals surface area contributed by atoms with Crippen LogP contribution in [0.3, 0.4) is 0 Å². The highest BCUT2D eigenvalue weighted by Crippen LogP contribution is 2.45. The fourth-order valence-corrected chi connectivity index (χ4v) is 5.22. The number of carbonyl (C=O) groups is 1. The van der Waals surface area contributed by atoms with E-state index in [1.54, 1.807) is 11.8 Å². The minimum atomic E-state index is -1.20. The van der Waals surface area contributed by atoms with Crippen LogP contribution in [0.1, 0.15) is 32.6 Å². The number of aromatic carboxylic acids is 1. The molecule has 0 fully saturated rings. The maximum atomic E-state index is 12.5. The Balaban J connectivity index is 2.05. The Morgan fingerprint density at radius 2 is 1.89 bits per heavy atom. The van der Waals surface area contributed by atoms with Gasteiger partial charge in [-0.1, -0.05) is 41.9 Å². The first-order valence-corrected chi connectivity index (χ1v) is 9.72. The van der Waals surface area contributed by atoms with Crippen LogP contribution in [-0.2, 0) is 6.42 Å². The summed E-state index contributed by atoms with van der Waals surface area (Å²) in [6, 6.07) is 16.8. The highest BCUT2D eigenvalue weighted by Gasteiger charge is 2.29. The van der Waals surface area contributed by atoms with E-state index in [0.717, 1.165) is 16.1 Å². The second kappa shape index (κ2) is 6.91. The molecule has 0 bridgehead atoms. The molecular weight excluding hydrogens is 382 g/mol. The monoisotopic (exact) mass is 397 g/mol. The molecule has 1 atom stereocenters. The summed E-state index contributed by atoms with van der Waals surface area (Å²) >= 11 is 8.07. The van der Waals surface area contributed by atoms with Crippen molar-refractivity contribution in [3.05, 3.63) is 92.4 Å².